The molecule has 3 N–H and O–H groups in total. The Hall–Kier alpha value is -2.94. The molecule has 0 aliphatic heterocycles. The summed E-state index contributed by atoms with van der Waals surface area (Å²) in [5.74, 6) is -2.63. The number of hydrogen-bond donors (Lipinski definition) is 2. The molecule has 0 radical (unpaired) electrons. The quantitative estimate of drug-likeness (QED) is 0.536. The van der Waals surface area contributed by atoms with Crippen molar-refractivity contribution in [2.24, 2.45) is 17.1 Å². The number of benzene rings is 2. The van der Waals surface area contributed by atoms with Gasteiger partial charge in [0.25, 0.3) is 0 Å². The molecule has 0 fully saturated rings. The average Bonchev–Trinajstić information content (AvgIpc) is 2.70. The Morgan fingerprint density at radius 2 is 1.70 bits per heavy atom. The van der Waals surface area contributed by atoms with Gasteiger partial charge < -0.3 is 10.5 Å². The summed E-state index contributed by atoms with van der Waals surface area (Å²) >= 11 is 0. The summed E-state index contributed by atoms with van der Waals surface area (Å²) in [5.41, 5.74) is 4.56. The van der Waals surface area contributed by atoms with E-state index in [4.69, 9.17) is 10.5 Å². The molecule has 0 aliphatic rings. The highest BCUT2D eigenvalue weighted by Crippen LogP contribution is 2.37. The molecule has 0 unspecified atom stereocenters. The van der Waals surface area contributed by atoms with E-state index < -0.39 is 44.5 Å². The minimum absolute atomic E-state index is 0.116. The number of rotatable bonds is 9. The first-order chi connectivity index (χ1) is 15.1. The van der Waals surface area contributed by atoms with E-state index in [0.717, 1.165) is 17.9 Å². The van der Waals surface area contributed by atoms with E-state index in [0.29, 0.717) is 6.42 Å². The standard InChI is InChI=1S/C24H31FN2O5S/c1-23(2,3)22(29)32-15-18(13-16-9-7-6-8-10-16)24(4,21(26)28)17-11-12-20(19(25)14-17)27-33(5,30)31/h6-12,14,18,27H,13,15H2,1-5H3,(H2,26,28)/t18-,24-/m1/s1. The summed E-state index contributed by atoms with van der Waals surface area (Å²) in [5, 5.41) is 0. The number of nitrogens with one attached hydrogen (secondary N) is 1. The second-order valence-electron chi connectivity index (χ2n) is 9.37. The first kappa shape index (κ1) is 26.3. The number of nitrogens with two attached hydrogens (primary N) is 1. The summed E-state index contributed by atoms with van der Waals surface area (Å²) in [6.45, 7) is 6.62. The predicted molar refractivity (Wildman–Crippen MR) is 125 cm³/mol. The Kier molecular flexibility index (Phi) is 7.90. The van der Waals surface area contributed by atoms with E-state index in [9.17, 15) is 22.4 Å². The maximum atomic E-state index is 14.8. The van der Waals surface area contributed by atoms with Crippen LogP contribution in [0, 0.1) is 17.2 Å². The van der Waals surface area contributed by atoms with Gasteiger partial charge in [0.1, 0.15) is 5.82 Å². The number of hydrogen-bond acceptors (Lipinski definition) is 5. The molecule has 7 nitrogen and oxygen atoms in total. The van der Waals surface area contributed by atoms with Gasteiger partial charge in [-0.3, -0.25) is 14.3 Å². The highest BCUT2D eigenvalue weighted by atomic mass is 32.2. The van der Waals surface area contributed by atoms with Crippen molar-refractivity contribution in [2.45, 2.75) is 39.5 Å². The highest BCUT2D eigenvalue weighted by Gasteiger charge is 2.43. The maximum Gasteiger partial charge on any atom is 0.311 e. The van der Waals surface area contributed by atoms with E-state index >= 15 is 0 Å². The highest BCUT2D eigenvalue weighted by molar-refractivity contribution is 7.92. The summed E-state index contributed by atoms with van der Waals surface area (Å²) in [7, 11) is -3.69. The molecule has 180 valence electrons. The van der Waals surface area contributed by atoms with Gasteiger partial charge in [-0.15, -0.1) is 0 Å². The second kappa shape index (κ2) is 9.91. The van der Waals surface area contributed by atoms with Crippen LogP contribution < -0.4 is 10.5 Å². The van der Waals surface area contributed by atoms with Gasteiger partial charge in [0.2, 0.25) is 15.9 Å². The van der Waals surface area contributed by atoms with Crippen LogP contribution >= 0.6 is 0 Å². The maximum absolute atomic E-state index is 14.8. The molecule has 0 aliphatic carbocycles. The SMILES string of the molecule is CC(C)(C)C(=O)OC[C@@H](Cc1ccccc1)[C@](C)(C(N)=O)c1ccc(NS(C)(=O)=O)c(F)c1. The molecule has 0 aromatic heterocycles. The van der Waals surface area contributed by atoms with Crippen LogP contribution in [0.25, 0.3) is 0 Å². The Balaban J connectivity index is 2.51. The lowest BCUT2D eigenvalue weighted by atomic mass is 9.69. The molecule has 2 aromatic carbocycles. The number of esters is 1. The molecule has 2 atom stereocenters. The number of ether oxygens (including phenoxy) is 1. The number of anilines is 1. The summed E-state index contributed by atoms with van der Waals surface area (Å²) < 4.78 is 45.4. The molecule has 0 heterocycles. The van der Waals surface area contributed by atoms with Crippen LogP contribution in [-0.2, 0) is 36.2 Å². The second-order valence-corrected chi connectivity index (χ2v) is 11.1. The largest absolute Gasteiger partial charge is 0.465 e. The van der Waals surface area contributed by atoms with Crippen molar-refractivity contribution in [3.63, 3.8) is 0 Å². The van der Waals surface area contributed by atoms with Gasteiger partial charge in [0.15, 0.2) is 0 Å². The first-order valence-corrected chi connectivity index (χ1v) is 12.3. The fourth-order valence-electron chi connectivity index (χ4n) is 3.42. The smallest absolute Gasteiger partial charge is 0.311 e. The molecule has 0 bridgehead atoms. The van der Waals surface area contributed by atoms with Gasteiger partial charge in [-0.1, -0.05) is 36.4 Å². The molecule has 2 aromatic rings. The third-order valence-electron chi connectivity index (χ3n) is 5.55. The van der Waals surface area contributed by atoms with Gasteiger partial charge >= 0.3 is 5.97 Å². The fourth-order valence-corrected chi connectivity index (χ4v) is 3.99. The van der Waals surface area contributed by atoms with E-state index in [-0.39, 0.29) is 17.9 Å². The van der Waals surface area contributed by atoms with Gasteiger partial charge in [0, 0.05) is 5.92 Å². The van der Waals surface area contributed by atoms with Crippen LogP contribution in [0.5, 0.6) is 0 Å². The molecule has 1 amide bonds. The minimum atomic E-state index is -3.69. The van der Waals surface area contributed by atoms with Crippen LogP contribution in [0.15, 0.2) is 48.5 Å². The molecule has 0 saturated carbocycles. The predicted octanol–water partition coefficient (Wildman–Crippen LogP) is 3.39. The minimum Gasteiger partial charge on any atom is -0.465 e. The zero-order chi connectivity index (χ0) is 25.0. The fraction of sp³-hybridized carbons (Fsp3) is 0.417. The summed E-state index contributed by atoms with van der Waals surface area (Å²) in [6.07, 6.45) is 1.25. The number of sulfonamides is 1. The van der Waals surface area contributed by atoms with Crippen molar-refractivity contribution in [3.8, 4) is 0 Å². The number of carbonyl (C=O) groups excluding carboxylic acids is 2. The molecule has 0 spiro atoms. The lowest BCUT2D eigenvalue weighted by Crippen LogP contribution is -2.48. The number of amides is 1. The van der Waals surface area contributed by atoms with Gasteiger partial charge in [-0.05, 0) is 57.4 Å². The lowest BCUT2D eigenvalue weighted by Gasteiger charge is -2.36. The van der Waals surface area contributed by atoms with Gasteiger partial charge in [0.05, 0.1) is 29.4 Å². The van der Waals surface area contributed by atoms with E-state index in [1.165, 1.54) is 12.1 Å². The lowest BCUT2D eigenvalue weighted by molar-refractivity contribution is -0.156. The van der Waals surface area contributed by atoms with Crippen molar-refractivity contribution in [1.29, 1.82) is 0 Å². The van der Waals surface area contributed by atoms with Crippen LogP contribution in [0.4, 0.5) is 10.1 Å². The summed E-state index contributed by atoms with van der Waals surface area (Å²) in [4.78, 5) is 25.2. The molecule has 9 heteroatoms. The van der Waals surface area contributed by atoms with E-state index in [2.05, 4.69) is 4.72 Å². The van der Waals surface area contributed by atoms with E-state index in [1.807, 2.05) is 30.3 Å². The third kappa shape index (κ3) is 6.77. The molecular formula is C24H31FN2O5S. The number of primary amides is 1. The normalized spacial score (nSPS) is 14.7. The topological polar surface area (TPSA) is 116 Å². The zero-order valence-electron chi connectivity index (χ0n) is 19.5. The van der Waals surface area contributed by atoms with Crippen LogP contribution in [0.1, 0.15) is 38.8 Å². The van der Waals surface area contributed by atoms with Crippen LogP contribution in [0.3, 0.4) is 0 Å². The molecule has 2 rings (SSSR count). The van der Waals surface area contributed by atoms with Crippen molar-refractivity contribution >= 4 is 27.6 Å². The van der Waals surface area contributed by atoms with E-state index in [1.54, 1.807) is 27.7 Å². The Labute approximate surface area is 194 Å². The first-order valence-electron chi connectivity index (χ1n) is 10.4. The van der Waals surface area contributed by atoms with Gasteiger partial charge in [-0.2, -0.15) is 0 Å². The third-order valence-corrected chi connectivity index (χ3v) is 6.14. The number of halogens is 1. The molecule has 33 heavy (non-hydrogen) atoms. The zero-order valence-corrected chi connectivity index (χ0v) is 20.3. The van der Waals surface area contributed by atoms with Crippen molar-refractivity contribution < 1.29 is 27.1 Å². The Morgan fingerprint density at radius 3 is 2.18 bits per heavy atom. The van der Waals surface area contributed by atoms with Gasteiger partial charge in [-0.25, -0.2) is 12.8 Å². The Morgan fingerprint density at radius 1 is 1.09 bits per heavy atom. The number of carbonyl (C=O) groups is 2. The van der Waals surface area contributed by atoms with Crippen molar-refractivity contribution in [2.75, 3.05) is 17.6 Å². The summed E-state index contributed by atoms with van der Waals surface area (Å²) in [6, 6.07) is 13.1. The average molecular weight is 479 g/mol. The van der Waals surface area contributed by atoms with Crippen molar-refractivity contribution in [1.82, 2.24) is 0 Å². The molecular weight excluding hydrogens is 447 g/mol. The Bertz CT molecular complexity index is 1110. The van der Waals surface area contributed by atoms with Crippen LogP contribution in [-0.4, -0.2) is 33.2 Å². The molecule has 0 saturated heterocycles. The monoisotopic (exact) mass is 478 g/mol. The van der Waals surface area contributed by atoms with Crippen molar-refractivity contribution in [3.05, 3.63) is 65.5 Å². The van der Waals surface area contributed by atoms with Crippen LogP contribution in [0.2, 0.25) is 0 Å².